The van der Waals surface area contributed by atoms with Gasteiger partial charge < -0.3 is 4.74 Å². The summed E-state index contributed by atoms with van der Waals surface area (Å²) in [5, 5.41) is 0. The minimum atomic E-state index is -0.459. The maximum absolute atomic E-state index is 12.4. The van der Waals surface area contributed by atoms with Crippen LogP contribution in [0.15, 0.2) is 18.2 Å². The van der Waals surface area contributed by atoms with Crippen molar-refractivity contribution in [3.8, 4) is 5.75 Å². The summed E-state index contributed by atoms with van der Waals surface area (Å²) in [6, 6.07) is 6.22. The van der Waals surface area contributed by atoms with Gasteiger partial charge in [-0.15, -0.1) is 0 Å². The molecular formula is C20H32O2. The summed E-state index contributed by atoms with van der Waals surface area (Å²) in [5.41, 5.74) is 1.96. The van der Waals surface area contributed by atoms with Gasteiger partial charge in [0.1, 0.15) is 5.75 Å². The van der Waals surface area contributed by atoms with Crippen LogP contribution >= 0.6 is 0 Å². The Kier molecular flexibility index (Phi) is 5.16. The molecule has 0 spiro atoms. The Morgan fingerprint density at radius 1 is 0.864 bits per heavy atom. The lowest BCUT2D eigenvalue weighted by Gasteiger charge is -2.27. The van der Waals surface area contributed by atoms with Crippen molar-refractivity contribution in [2.45, 2.75) is 79.6 Å². The van der Waals surface area contributed by atoms with Gasteiger partial charge in [0.2, 0.25) is 0 Å². The fraction of sp³-hybridized carbons (Fsp3) is 0.650. The molecule has 0 amide bonds. The summed E-state index contributed by atoms with van der Waals surface area (Å²) >= 11 is 0. The van der Waals surface area contributed by atoms with Gasteiger partial charge in [-0.25, -0.2) is 0 Å². The van der Waals surface area contributed by atoms with Crippen LogP contribution in [0.1, 0.15) is 79.9 Å². The van der Waals surface area contributed by atoms with Gasteiger partial charge in [0.15, 0.2) is 0 Å². The predicted octanol–water partition coefficient (Wildman–Crippen LogP) is 5.62. The van der Waals surface area contributed by atoms with E-state index in [0.29, 0.717) is 5.75 Å². The molecule has 0 aromatic heterocycles. The first-order valence-electron chi connectivity index (χ1n) is 8.16. The Morgan fingerprint density at radius 2 is 1.27 bits per heavy atom. The maximum Gasteiger partial charge on any atom is 0.316 e. The van der Waals surface area contributed by atoms with Gasteiger partial charge in [-0.1, -0.05) is 54.5 Å². The van der Waals surface area contributed by atoms with Crippen molar-refractivity contribution in [2.24, 2.45) is 5.41 Å². The average Bonchev–Trinajstić information content (AvgIpc) is 2.36. The van der Waals surface area contributed by atoms with Crippen LogP contribution < -0.4 is 4.74 Å². The third-order valence-corrected chi connectivity index (χ3v) is 4.29. The summed E-state index contributed by atoms with van der Waals surface area (Å²) in [6.45, 7) is 18.9. The predicted molar refractivity (Wildman–Crippen MR) is 93.5 cm³/mol. The zero-order valence-electron chi connectivity index (χ0n) is 15.8. The van der Waals surface area contributed by atoms with E-state index in [1.807, 2.05) is 32.9 Å². The largest absolute Gasteiger partial charge is 0.426 e. The van der Waals surface area contributed by atoms with Crippen LogP contribution in [0.25, 0.3) is 0 Å². The Bertz CT molecular complexity index is 508. The molecule has 0 bridgehead atoms. The monoisotopic (exact) mass is 304 g/mol. The van der Waals surface area contributed by atoms with Crippen molar-refractivity contribution < 1.29 is 9.53 Å². The minimum Gasteiger partial charge on any atom is -0.426 e. The third kappa shape index (κ3) is 4.59. The number of carbonyl (C=O) groups excluding carboxylic acids is 1. The number of rotatable bonds is 3. The van der Waals surface area contributed by atoms with Gasteiger partial charge in [0, 0.05) is 0 Å². The van der Waals surface area contributed by atoms with Crippen LogP contribution in [0, 0.1) is 5.41 Å². The normalized spacial score (nSPS) is 13.1. The van der Waals surface area contributed by atoms with E-state index >= 15 is 0 Å². The molecule has 0 heterocycles. The summed E-state index contributed by atoms with van der Waals surface area (Å²) in [4.78, 5) is 12.4. The van der Waals surface area contributed by atoms with Crippen molar-refractivity contribution >= 4 is 5.97 Å². The number of hydrogen-bond acceptors (Lipinski definition) is 2. The first-order valence-corrected chi connectivity index (χ1v) is 8.16. The zero-order valence-corrected chi connectivity index (χ0v) is 15.8. The van der Waals surface area contributed by atoms with E-state index < -0.39 is 5.41 Å². The van der Waals surface area contributed by atoms with E-state index in [1.165, 1.54) is 11.1 Å². The topological polar surface area (TPSA) is 26.3 Å². The fourth-order valence-electron chi connectivity index (χ4n) is 1.91. The third-order valence-electron chi connectivity index (χ3n) is 4.29. The molecule has 1 aromatic carbocycles. The first-order chi connectivity index (χ1) is 9.77. The van der Waals surface area contributed by atoms with Gasteiger partial charge in [-0.05, 0) is 54.4 Å². The second-order valence-electron chi connectivity index (χ2n) is 8.87. The first kappa shape index (κ1) is 18.7. The van der Waals surface area contributed by atoms with Crippen LogP contribution in [0.2, 0.25) is 0 Å². The molecule has 0 N–H and O–H groups in total. The van der Waals surface area contributed by atoms with E-state index in [9.17, 15) is 4.79 Å². The van der Waals surface area contributed by atoms with E-state index in [0.717, 1.165) is 6.42 Å². The lowest BCUT2D eigenvalue weighted by molar-refractivity contribution is -0.144. The minimum absolute atomic E-state index is 0.0166. The summed E-state index contributed by atoms with van der Waals surface area (Å²) in [7, 11) is 0. The Labute approximate surface area is 136 Å². The molecule has 1 aromatic rings. The molecule has 0 atom stereocenters. The SMILES string of the molecule is CCC(C)(C)C(=O)Oc1cc(C(C)(C)C)cc(C(C)(C)C)c1. The highest BCUT2D eigenvalue weighted by Gasteiger charge is 2.29. The van der Waals surface area contributed by atoms with Gasteiger partial charge in [0.05, 0.1) is 5.41 Å². The van der Waals surface area contributed by atoms with E-state index in [1.54, 1.807) is 0 Å². The molecule has 0 aliphatic heterocycles. The van der Waals surface area contributed by atoms with E-state index in [-0.39, 0.29) is 16.8 Å². The molecule has 0 aliphatic rings. The van der Waals surface area contributed by atoms with Crippen LogP contribution in [-0.2, 0) is 15.6 Å². The quantitative estimate of drug-likeness (QED) is 0.535. The summed E-state index contributed by atoms with van der Waals surface area (Å²) < 4.78 is 5.70. The molecular weight excluding hydrogens is 272 g/mol. The summed E-state index contributed by atoms with van der Waals surface area (Å²) in [6.07, 6.45) is 0.761. The number of carbonyl (C=O) groups is 1. The number of esters is 1. The van der Waals surface area contributed by atoms with Crippen LogP contribution in [0.4, 0.5) is 0 Å². The van der Waals surface area contributed by atoms with Gasteiger partial charge in [0.25, 0.3) is 0 Å². The number of ether oxygens (including phenoxy) is 1. The Hall–Kier alpha value is -1.31. The molecule has 0 saturated heterocycles. The molecule has 0 saturated carbocycles. The van der Waals surface area contributed by atoms with Gasteiger partial charge in [-0.3, -0.25) is 4.79 Å². The van der Waals surface area contributed by atoms with E-state index in [4.69, 9.17) is 4.74 Å². The van der Waals surface area contributed by atoms with E-state index in [2.05, 4.69) is 47.6 Å². The van der Waals surface area contributed by atoms with Gasteiger partial charge >= 0.3 is 5.97 Å². The molecule has 0 radical (unpaired) electrons. The molecule has 22 heavy (non-hydrogen) atoms. The lowest BCUT2D eigenvalue weighted by Crippen LogP contribution is -2.28. The average molecular weight is 304 g/mol. The number of benzene rings is 1. The van der Waals surface area contributed by atoms with Gasteiger partial charge in [-0.2, -0.15) is 0 Å². The lowest BCUT2D eigenvalue weighted by atomic mass is 9.80. The standard InChI is InChI=1S/C20H32O2/c1-10-20(8,9)17(21)22-16-12-14(18(2,3)4)11-15(13-16)19(5,6)7/h11-13H,10H2,1-9H3. The Morgan fingerprint density at radius 3 is 1.59 bits per heavy atom. The molecule has 0 fully saturated rings. The summed E-state index contributed by atoms with van der Waals surface area (Å²) in [5.74, 6) is 0.491. The molecule has 1 rings (SSSR count). The highest BCUT2D eigenvalue weighted by Crippen LogP contribution is 2.34. The molecule has 0 aliphatic carbocycles. The molecule has 2 heteroatoms. The van der Waals surface area contributed by atoms with Crippen molar-refractivity contribution in [3.05, 3.63) is 29.3 Å². The molecule has 0 unspecified atom stereocenters. The maximum atomic E-state index is 12.4. The Balaban J connectivity index is 3.28. The smallest absolute Gasteiger partial charge is 0.316 e. The van der Waals surface area contributed by atoms with Crippen LogP contribution in [0.3, 0.4) is 0 Å². The van der Waals surface area contributed by atoms with Crippen molar-refractivity contribution in [1.29, 1.82) is 0 Å². The number of hydrogen-bond donors (Lipinski definition) is 0. The van der Waals surface area contributed by atoms with Crippen molar-refractivity contribution in [2.75, 3.05) is 0 Å². The van der Waals surface area contributed by atoms with Crippen LogP contribution in [0.5, 0.6) is 5.75 Å². The highest BCUT2D eigenvalue weighted by molar-refractivity contribution is 5.78. The fourth-order valence-corrected chi connectivity index (χ4v) is 1.91. The highest BCUT2D eigenvalue weighted by atomic mass is 16.5. The van der Waals surface area contributed by atoms with Crippen molar-refractivity contribution in [3.63, 3.8) is 0 Å². The molecule has 2 nitrogen and oxygen atoms in total. The molecule has 124 valence electrons. The zero-order chi connectivity index (χ0) is 17.3. The second kappa shape index (κ2) is 6.06. The second-order valence-corrected chi connectivity index (χ2v) is 8.87. The van der Waals surface area contributed by atoms with Crippen LogP contribution in [-0.4, -0.2) is 5.97 Å². The van der Waals surface area contributed by atoms with Crippen molar-refractivity contribution in [1.82, 2.24) is 0 Å².